The molecule has 0 saturated heterocycles. The number of hydrogen-bond acceptors (Lipinski definition) is 3. The fourth-order valence-electron chi connectivity index (χ4n) is 2.15. The Morgan fingerprint density at radius 1 is 1.14 bits per heavy atom. The minimum absolute atomic E-state index is 0.321. The van der Waals surface area contributed by atoms with Crippen LogP contribution >= 0.6 is 27.7 Å². The van der Waals surface area contributed by atoms with Crippen LogP contribution in [0.25, 0.3) is 0 Å². The van der Waals surface area contributed by atoms with E-state index in [-0.39, 0.29) is 0 Å². The lowest BCUT2D eigenvalue weighted by Crippen LogP contribution is -2.33. The Kier molecular flexibility index (Phi) is 6.61. The van der Waals surface area contributed by atoms with E-state index in [0.717, 1.165) is 23.2 Å². The fraction of sp³-hybridized carbons (Fsp3) is 0.294. The number of halogens is 1. The summed E-state index contributed by atoms with van der Waals surface area (Å²) in [6.07, 6.45) is 0.964. The zero-order valence-electron chi connectivity index (χ0n) is 12.1. The first kappa shape index (κ1) is 16.4. The zero-order chi connectivity index (χ0) is 15.1. The topological polar surface area (TPSA) is 32.3 Å². The Balaban J connectivity index is 1.95. The molecule has 0 amide bonds. The molecule has 21 heavy (non-hydrogen) atoms. The first-order chi connectivity index (χ1) is 10.2. The molecule has 2 rings (SSSR count). The molecule has 2 N–H and O–H groups in total. The van der Waals surface area contributed by atoms with E-state index in [9.17, 15) is 5.11 Å². The van der Waals surface area contributed by atoms with Crippen LogP contribution in [0.4, 0.5) is 0 Å². The molecule has 0 aliphatic heterocycles. The van der Waals surface area contributed by atoms with Crippen LogP contribution in [-0.2, 0) is 6.42 Å². The Labute approximate surface area is 139 Å². The maximum Gasteiger partial charge on any atom is 0.115 e. The molecule has 0 aromatic heterocycles. The van der Waals surface area contributed by atoms with E-state index in [0.29, 0.717) is 11.8 Å². The van der Waals surface area contributed by atoms with Gasteiger partial charge in [0.2, 0.25) is 0 Å². The summed E-state index contributed by atoms with van der Waals surface area (Å²) in [7, 11) is 0. The molecule has 1 unspecified atom stereocenters. The van der Waals surface area contributed by atoms with Gasteiger partial charge >= 0.3 is 0 Å². The molecule has 2 nitrogen and oxygen atoms in total. The average Bonchev–Trinajstić information content (AvgIpc) is 2.49. The second kappa shape index (κ2) is 8.47. The normalized spacial score (nSPS) is 12.3. The fourth-order valence-corrected chi connectivity index (χ4v) is 3.77. The quantitative estimate of drug-likeness (QED) is 0.710. The monoisotopic (exact) mass is 365 g/mol. The summed E-state index contributed by atoms with van der Waals surface area (Å²) >= 11 is 5.45. The number of phenolic OH excluding ortho intramolecular Hbond substituents is 1. The minimum atomic E-state index is 0.321. The van der Waals surface area contributed by atoms with Crippen LogP contribution in [0.15, 0.2) is 57.9 Å². The highest BCUT2D eigenvalue weighted by Gasteiger charge is 2.10. The van der Waals surface area contributed by atoms with E-state index in [1.807, 2.05) is 30.0 Å². The SMILES string of the molecule is CCNC(CSc1ccccc1Br)Cc1ccc(O)cc1. The standard InChI is InChI=1S/C17H20BrNOS/c1-2-19-14(11-13-7-9-15(20)10-8-13)12-21-17-6-4-3-5-16(17)18/h3-10,14,19-20H,2,11-12H2,1H3. The van der Waals surface area contributed by atoms with Crippen molar-refractivity contribution in [3.63, 3.8) is 0 Å². The lowest BCUT2D eigenvalue weighted by atomic mass is 10.1. The molecule has 0 spiro atoms. The van der Waals surface area contributed by atoms with Gasteiger partial charge in [-0.25, -0.2) is 0 Å². The molecule has 2 aromatic carbocycles. The van der Waals surface area contributed by atoms with Gasteiger partial charge in [-0.2, -0.15) is 0 Å². The van der Waals surface area contributed by atoms with E-state index in [4.69, 9.17) is 0 Å². The van der Waals surface area contributed by atoms with E-state index >= 15 is 0 Å². The summed E-state index contributed by atoms with van der Waals surface area (Å²) in [5.74, 6) is 1.33. The van der Waals surface area contributed by atoms with Gasteiger partial charge in [-0.3, -0.25) is 0 Å². The third kappa shape index (κ3) is 5.38. The molecule has 0 fully saturated rings. The number of hydrogen-bond donors (Lipinski definition) is 2. The second-order valence-electron chi connectivity index (χ2n) is 4.87. The number of thioether (sulfide) groups is 1. The number of benzene rings is 2. The molecule has 4 heteroatoms. The first-order valence-electron chi connectivity index (χ1n) is 7.07. The molecule has 0 saturated carbocycles. The molecular weight excluding hydrogens is 346 g/mol. The Morgan fingerprint density at radius 2 is 1.86 bits per heavy atom. The summed E-state index contributed by atoms with van der Waals surface area (Å²) in [4.78, 5) is 1.27. The lowest BCUT2D eigenvalue weighted by Gasteiger charge is -2.18. The predicted octanol–water partition coefficient (Wildman–Crippen LogP) is 4.47. The predicted molar refractivity (Wildman–Crippen MR) is 94.1 cm³/mol. The summed E-state index contributed by atoms with van der Waals surface area (Å²) in [5, 5.41) is 12.9. The third-order valence-corrected chi connectivity index (χ3v) is 5.38. The smallest absolute Gasteiger partial charge is 0.115 e. The van der Waals surface area contributed by atoms with E-state index in [1.165, 1.54) is 10.5 Å². The molecule has 0 aliphatic rings. The highest BCUT2D eigenvalue weighted by molar-refractivity contribution is 9.10. The van der Waals surface area contributed by atoms with Crippen molar-refractivity contribution in [1.29, 1.82) is 0 Å². The van der Waals surface area contributed by atoms with Gasteiger partial charge in [0.05, 0.1) is 0 Å². The van der Waals surface area contributed by atoms with Gasteiger partial charge in [-0.1, -0.05) is 31.2 Å². The van der Waals surface area contributed by atoms with Crippen molar-refractivity contribution in [2.45, 2.75) is 24.3 Å². The summed E-state index contributed by atoms with van der Waals surface area (Å²) in [6.45, 7) is 3.09. The lowest BCUT2D eigenvalue weighted by molar-refractivity contribution is 0.474. The molecule has 0 radical (unpaired) electrons. The van der Waals surface area contributed by atoms with Crippen LogP contribution in [-0.4, -0.2) is 23.4 Å². The Morgan fingerprint density at radius 3 is 2.52 bits per heavy atom. The minimum Gasteiger partial charge on any atom is -0.508 e. The summed E-state index contributed by atoms with van der Waals surface area (Å²) in [6, 6.07) is 16.2. The number of likely N-dealkylation sites (N-methyl/N-ethyl adjacent to an activating group) is 1. The molecule has 0 bridgehead atoms. The maximum absolute atomic E-state index is 9.35. The Hall–Kier alpha value is -0.970. The van der Waals surface area contributed by atoms with Crippen molar-refractivity contribution in [1.82, 2.24) is 5.32 Å². The van der Waals surface area contributed by atoms with Crippen LogP contribution in [0, 0.1) is 0 Å². The highest BCUT2D eigenvalue weighted by atomic mass is 79.9. The molecule has 112 valence electrons. The second-order valence-corrected chi connectivity index (χ2v) is 6.78. The maximum atomic E-state index is 9.35. The molecule has 0 heterocycles. The van der Waals surface area contributed by atoms with Gasteiger partial charge in [-0.15, -0.1) is 11.8 Å². The van der Waals surface area contributed by atoms with Crippen molar-refractivity contribution in [2.75, 3.05) is 12.3 Å². The highest BCUT2D eigenvalue weighted by Crippen LogP contribution is 2.28. The van der Waals surface area contributed by atoms with E-state index < -0.39 is 0 Å². The van der Waals surface area contributed by atoms with E-state index in [1.54, 1.807) is 12.1 Å². The first-order valence-corrected chi connectivity index (χ1v) is 8.85. The summed E-state index contributed by atoms with van der Waals surface area (Å²) in [5.41, 5.74) is 1.24. The van der Waals surface area contributed by atoms with Crippen LogP contribution in [0.2, 0.25) is 0 Å². The number of rotatable bonds is 7. The van der Waals surface area contributed by atoms with Crippen LogP contribution in [0.3, 0.4) is 0 Å². The van der Waals surface area contributed by atoms with Gasteiger partial charge in [0.25, 0.3) is 0 Å². The van der Waals surface area contributed by atoms with Gasteiger partial charge in [0.1, 0.15) is 5.75 Å². The summed E-state index contributed by atoms with van der Waals surface area (Å²) < 4.78 is 1.15. The molecule has 2 aromatic rings. The number of phenols is 1. The number of aromatic hydroxyl groups is 1. The van der Waals surface area contributed by atoms with Gasteiger partial charge in [0, 0.05) is 21.2 Å². The van der Waals surface area contributed by atoms with Gasteiger partial charge in [-0.05, 0) is 58.7 Å². The number of nitrogens with one attached hydrogen (secondary N) is 1. The zero-order valence-corrected chi connectivity index (χ0v) is 14.5. The van der Waals surface area contributed by atoms with Crippen molar-refractivity contribution in [3.8, 4) is 5.75 Å². The van der Waals surface area contributed by atoms with Crippen LogP contribution < -0.4 is 5.32 Å². The van der Waals surface area contributed by atoms with Crippen LogP contribution in [0.5, 0.6) is 5.75 Å². The molecule has 1 atom stereocenters. The Bertz CT molecular complexity index is 559. The third-order valence-electron chi connectivity index (χ3n) is 3.19. The van der Waals surface area contributed by atoms with Gasteiger partial charge < -0.3 is 10.4 Å². The van der Waals surface area contributed by atoms with Crippen molar-refractivity contribution in [3.05, 3.63) is 58.6 Å². The average molecular weight is 366 g/mol. The van der Waals surface area contributed by atoms with Crippen molar-refractivity contribution < 1.29 is 5.11 Å². The van der Waals surface area contributed by atoms with Crippen molar-refractivity contribution in [2.24, 2.45) is 0 Å². The van der Waals surface area contributed by atoms with E-state index in [2.05, 4.69) is 46.4 Å². The van der Waals surface area contributed by atoms with Crippen molar-refractivity contribution >= 4 is 27.7 Å². The van der Waals surface area contributed by atoms with Gasteiger partial charge in [0.15, 0.2) is 0 Å². The molecule has 0 aliphatic carbocycles. The molecular formula is C17H20BrNOS. The largest absolute Gasteiger partial charge is 0.508 e. The van der Waals surface area contributed by atoms with Crippen LogP contribution in [0.1, 0.15) is 12.5 Å².